The van der Waals surface area contributed by atoms with E-state index in [2.05, 4.69) is 5.32 Å². The molecule has 20 heavy (non-hydrogen) atoms. The van der Waals surface area contributed by atoms with Crippen LogP contribution >= 0.6 is 0 Å². The van der Waals surface area contributed by atoms with Crippen LogP contribution < -0.4 is 11.1 Å². The summed E-state index contributed by atoms with van der Waals surface area (Å²) in [6.45, 7) is 3.30. The molecule has 1 rings (SSSR count). The van der Waals surface area contributed by atoms with Gasteiger partial charge in [-0.1, -0.05) is 6.92 Å². The molecule has 1 aromatic heterocycles. The SMILES string of the molecule is CCC(N)C(c1ccco1)N(C)CC(=O)NCCOC. The van der Waals surface area contributed by atoms with Gasteiger partial charge in [-0.15, -0.1) is 0 Å². The van der Waals surface area contributed by atoms with Crippen molar-refractivity contribution >= 4 is 5.91 Å². The van der Waals surface area contributed by atoms with E-state index < -0.39 is 0 Å². The summed E-state index contributed by atoms with van der Waals surface area (Å²) in [6, 6.07) is 3.53. The normalized spacial score (nSPS) is 14.2. The summed E-state index contributed by atoms with van der Waals surface area (Å²) >= 11 is 0. The van der Waals surface area contributed by atoms with E-state index in [-0.39, 0.29) is 24.5 Å². The maximum Gasteiger partial charge on any atom is 0.234 e. The van der Waals surface area contributed by atoms with Gasteiger partial charge in [0.1, 0.15) is 5.76 Å². The molecule has 6 nitrogen and oxygen atoms in total. The van der Waals surface area contributed by atoms with Gasteiger partial charge < -0.3 is 20.2 Å². The summed E-state index contributed by atoms with van der Waals surface area (Å²) < 4.78 is 10.3. The zero-order valence-corrected chi connectivity index (χ0v) is 12.5. The van der Waals surface area contributed by atoms with Crippen molar-refractivity contribution in [3.63, 3.8) is 0 Å². The Balaban J connectivity index is 2.60. The summed E-state index contributed by atoms with van der Waals surface area (Å²) in [5, 5.41) is 2.79. The number of nitrogens with zero attached hydrogens (tertiary/aromatic N) is 1. The van der Waals surface area contributed by atoms with E-state index >= 15 is 0 Å². The van der Waals surface area contributed by atoms with Gasteiger partial charge in [-0.2, -0.15) is 0 Å². The maximum absolute atomic E-state index is 11.8. The Morgan fingerprint density at radius 3 is 2.90 bits per heavy atom. The van der Waals surface area contributed by atoms with Crippen molar-refractivity contribution in [3.05, 3.63) is 24.2 Å². The van der Waals surface area contributed by atoms with Gasteiger partial charge in [0, 0.05) is 19.7 Å². The van der Waals surface area contributed by atoms with Crippen LogP contribution in [0.2, 0.25) is 0 Å². The fourth-order valence-electron chi connectivity index (χ4n) is 2.11. The van der Waals surface area contributed by atoms with Crippen LogP contribution in [0.4, 0.5) is 0 Å². The molecule has 0 fully saturated rings. The van der Waals surface area contributed by atoms with Crippen molar-refractivity contribution in [2.24, 2.45) is 5.73 Å². The molecule has 3 N–H and O–H groups in total. The summed E-state index contributed by atoms with van der Waals surface area (Å²) in [4.78, 5) is 13.7. The Kier molecular flexibility index (Phi) is 7.28. The molecule has 2 unspecified atom stereocenters. The van der Waals surface area contributed by atoms with Crippen molar-refractivity contribution in [2.45, 2.75) is 25.4 Å². The average Bonchev–Trinajstić information content (AvgIpc) is 2.92. The lowest BCUT2D eigenvalue weighted by Crippen LogP contribution is -2.44. The van der Waals surface area contributed by atoms with Crippen molar-refractivity contribution in [2.75, 3.05) is 33.9 Å². The van der Waals surface area contributed by atoms with Crippen LogP contribution in [0.1, 0.15) is 25.1 Å². The number of furan rings is 1. The second-order valence-electron chi connectivity index (χ2n) is 4.79. The minimum Gasteiger partial charge on any atom is -0.468 e. The minimum absolute atomic E-state index is 0.0515. The summed E-state index contributed by atoms with van der Waals surface area (Å²) in [6.07, 6.45) is 2.43. The average molecular weight is 283 g/mol. The number of rotatable bonds is 9. The van der Waals surface area contributed by atoms with Gasteiger partial charge in [0.25, 0.3) is 0 Å². The smallest absolute Gasteiger partial charge is 0.234 e. The first-order valence-electron chi connectivity index (χ1n) is 6.85. The molecule has 1 amide bonds. The maximum atomic E-state index is 11.8. The number of amides is 1. The first kappa shape index (κ1) is 16.7. The van der Waals surface area contributed by atoms with Crippen molar-refractivity contribution in [1.82, 2.24) is 10.2 Å². The molecule has 0 radical (unpaired) electrons. The highest BCUT2D eigenvalue weighted by atomic mass is 16.5. The van der Waals surface area contributed by atoms with Crippen molar-refractivity contribution in [1.29, 1.82) is 0 Å². The van der Waals surface area contributed by atoms with Crippen LogP contribution in [0.3, 0.4) is 0 Å². The molecule has 0 saturated carbocycles. The zero-order chi connectivity index (χ0) is 15.0. The van der Waals surface area contributed by atoms with E-state index in [1.165, 1.54) is 0 Å². The lowest BCUT2D eigenvalue weighted by atomic mass is 10.0. The number of methoxy groups -OCH3 is 1. The molecular formula is C14H25N3O3. The summed E-state index contributed by atoms with van der Waals surface area (Å²) in [7, 11) is 3.48. The topological polar surface area (TPSA) is 80.7 Å². The number of nitrogens with two attached hydrogens (primary N) is 1. The number of likely N-dealkylation sites (N-methyl/N-ethyl adjacent to an activating group) is 1. The summed E-state index contributed by atoms with van der Waals surface area (Å²) in [5.41, 5.74) is 6.15. The van der Waals surface area contributed by atoms with Gasteiger partial charge in [0.05, 0.1) is 25.5 Å². The third-order valence-corrected chi connectivity index (χ3v) is 3.21. The van der Waals surface area contributed by atoms with Crippen LogP contribution in [-0.2, 0) is 9.53 Å². The van der Waals surface area contributed by atoms with Crippen molar-refractivity contribution < 1.29 is 13.9 Å². The van der Waals surface area contributed by atoms with Crippen LogP contribution in [0, 0.1) is 0 Å². The highest BCUT2D eigenvalue weighted by Gasteiger charge is 2.26. The number of carbonyl (C=O) groups is 1. The molecule has 114 valence electrons. The predicted molar refractivity (Wildman–Crippen MR) is 77.2 cm³/mol. The molecule has 0 aliphatic heterocycles. The Morgan fingerprint density at radius 1 is 1.60 bits per heavy atom. The van der Waals surface area contributed by atoms with Crippen molar-refractivity contribution in [3.8, 4) is 0 Å². The van der Waals surface area contributed by atoms with Crippen LogP contribution in [0.5, 0.6) is 0 Å². The minimum atomic E-state index is -0.108. The number of hydrogen-bond donors (Lipinski definition) is 2. The van der Waals surface area contributed by atoms with Gasteiger partial charge in [-0.3, -0.25) is 9.69 Å². The van der Waals surface area contributed by atoms with E-state index in [1.54, 1.807) is 13.4 Å². The second kappa shape index (κ2) is 8.73. The first-order valence-corrected chi connectivity index (χ1v) is 6.85. The number of hydrogen-bond acceptors (Lipinski definition) is 5. The Hall–Kier alpha value is -1.37. The van der Waals surface area contributed by atoms with Crippen LogP contribution in [-0.4, -0.2) is 50.7 Å². The molecule has 0 aromatic carbocycles. The van der Waals surface area contributed by atoms with Crippen LogP contribution in [0.25, 0.3) is 0 Å². The van der Waals surface area contributed by atoms with Crippen LogP contribution in [0.15, 0.2) is 22.8 Å². The molecular weight excluding hydrogens is 258 g/mol. The molecule has 2 atom stereocenters. The highest BCUT2D eigenvalue weighted by molar-refractivity contribution is 5.78. The molecule has 0 aliphatic carbocycles. The number of carbonyl (C=O) groups excluding carboxylic acids is 1. The standard InChI is InChI=1S/C14H25N3O3/c1-4-11(15)14(12-6-5-8-20-12)17(2)10-13(18)16-7-9-19-3/h5-6,8,11,14H,4,7,9-10,15H2,1-3H3,(H,16,18). The largest absolute Gasteiger partial charge is 0.468 e. The fourth-order valence-corrected chi connectivity index (χ4v) is 2.11. The lowest BCUT2D eigenvalue weighted by Gasteiger charge is -2.30. The number of nitrogens with one attached hydrogen (secondary N) is 1. The third kappa shape index (κ3) is 4.96. The Labute approximate surface area is 120 Å². The van der Waals surface area contributed by atoms with E-state index in [1.807, 2.05) is 31.0 Å². The molecule has 1 heterocycles. The molecule has 1 aromatic rings. The van der Waals surface area contributed by atoms with E-state index in [0.717, 1.165) is 12.2 Å². The number of ether oxygens (including phenoxy) is 1. The molecule has 0 aliphatic rings. The summed E-state index contributed by atoms with van der Waals surface area (Å²) in [5.74, 6) is 0.732. The van der Waals surface area contributed by atoms with E-state index in [0.29, 0.717) is 13.2 Å². The second-order valence-corrected chi connectivity index (χ2v) is 4.79. The third-order valence-electron chi connectivity index (χ3n) is 3.21. The van der Waals surface area contributed by atoms with E-state index in [9.17, 15) is 4.79 Å². The molecule has 6 heteroatoms. The molecule has 0 bridgehead atoms. The highest BCUT2D eigenvalue weighted by Crippen LogP contribution is 2.23. The Morgan fingerprint density at radius 2 is 2.35 bits per heavy atom. The monoisotopic (exact) mass is 283 g/mol. The zero-order valence-electron chi connectivity index (χ0n) is 12.5. The molecule has 0 spiro atoms. The fraction of sp³-hybridized carbons (Fsp3) is 0.643. The van der Waals surface area contributed by atoms with Gasteiger partial charge >= 0.3 is 0 Å². The first-order chi connectivity index (χ1) is 9.60. The van der Waals surface area contributed by atoms with Gasteiger partial charge in [-0.05, 0) is 25.6 Å². The van der Waals surface area contributed by atoms with Gasteiger partial charge in [0.15, 0.2) is 0 Å². The lowest BCUT2D eigenvalue weighted by molar-refractivity contribution is -0.122. The van der Waals surface area contributed by atoms with E-state index in [4.69, 9.17) is 14.9 Å². The molecule has 0 saturated heterocycles. The van der Waals surface area contributed by atoms with Gasteiger partial charge in [0.2, 0.25) is 5.91 Å². The quantitative estimate of drug-likeness (QED) is 0.654. The Bertz CT molecular complexity index is 381. The predicted octanol–water partition coefficient (Wildman–Crippen LogP) is 0.752. The van der Waals surface area contributed by atoms with Gasteiger partial charge in [-0.25, -0.2) is 0 Å².